The number of halogens is 4. The first kappa shape index (κ1) is 20.1. The SMILES string of the molecule is CC(C)Cn1nc(N2CCN(c3ncc(C(F)(F)F)cc3F)CC2)ccc1=O. The van der Waals surface area contributed by atoms with Crippen LogP contribution in [0.1, 0.15) is 19.4 Å². The van der Waals surface area contributed by atoms with Gasteiger partial charge >= 0.3 is 6.18 Å². The van der Waals surface area contributed by atoms with Crippen molar-refractivity contribution in [2.75, 3.05) is 36.0 Å². The van der Waals surface area contributed by atoms with E-state index in [2.05, 4.69) is 10.1 Å². The second-order valence-electron chi connectivity index (χ2n) is 7.11. The van der Waals surface area contributed by atoms with Crippen molar-refractivity contribution >= 4 is 11.6 Å². The van der Waals surface area contributed by atoms with Gasteiger partial charge in [0, 0.05) is 45.0 Å². The van der Waals surface area contributed by atoms with Crippen molar-refractivity contribution in [3.8, 4) is 0 Å². The molecule has 28 heavy (non-hydrogen) atoms. The zero-order valence-corrected chi connectivity index (χ0v) is 15.6. The highest BCUT2D eigenvalue weighted by Crippen LogP contribution is 2.31. The normalized spacial score (nSPS) is 15.4. The summed E-state index contributed by atoms with van der Waals surface area (Å²) in [5, 5.41) is 4.39. The van der Waals surface area contributed by atoms with Crippen LogP contribution in [0.4, 0.5) is 29.2 Å². The van der Waals surface area contributed by atoms with E-state index >= 15 is 0 Å². The minimum Gasteiger partial charge on any atom is -0.352 e. The van der Waals surface area contributed by atoms with E-state index in [4.69, 9.17) is 0 Å². The minimum atomic E-state index is -4.63. The number of nitrogens with zero attached hydrogens (tertiary/aromatic N) is 5. The highest BCUT2D eigenvalue weighted by molar-refractivity contribution is 5.46. The maximum atomic E-state index is 14.1. The number of hydrogen-bond donors (Lipinski definition) is 0. The van der Waals surface area contributed by atoms with E-state index in [1.165, 1.54) is 10.7 Å². The van der Waals surface area contributed by atoms with Crippen LogP contribution in [0.15, 0.2) is 29.2 Å². The Kier molecular flexibility index (Phi) is 5.57. The molecule has 0 atom stereocenters. The minimum absolute atomic E-state index is 0.0922. The lowest BCUT2D eigenvalue weighted by molar-refractivity contribution is -0.138. The molecule has 1 aliphatic heterocycles. The summed E-state index contributed by atoms with van der Waals surface area (Å²) in [5.41, 5.74) is -1.28. The first-order chi connectivity index (χ1) is 13.1. The molecule has 0 saturated carbocycles. The largest absolute Gasteiger partial charge is 0.417 e. The summed E-state index contributed by atoms with van der Waals surface area (Å²) in [6.07, 6.45) is -3.98. The highest BCUT2D eigenvalue weighted by atomic mass is 19.4. The van der Waals surface area contributed by atoms with Gasteiger partial charge in [0.15, 0.2) is 11.6 Å². The second kappa shape index (κ2) is 7.76. The van der Waals surface area contributed by atoms with Gasteiger partial charge in [0.2, 0.25) is 0 Å². The van der Waals surface area contributed by atoms with Crippen LogP contribution in [0.2, 0.25) is 0 Å². The van der Waals surface area contributed by atoms with E-state index in [9.17, 15) is 22.4 Å². The number of aromatic nitrogens is 3. The van der Waals surface area contributed by atoms with Crippen LogP contribution in [0.3, 0.4) is 0 Å². The molecule has 0 amide bonds. The third kappa shape index (κ3) is 4.42. The average molecular weight is 399 g/mol. The highest BCUT2D eigenvalue weighted by Gasteiger charge is 2.32. The quantitative estimate of drug-likeness (QED) is 0.740. The molecular weight excluding hydrogens is 378 g/mol. The molecule has 3 heterocycles. The second-order valence-corrected chi connectivity index (χ2v) is 7.11. The van der Waals surface area contributed by atoms with Gasteiger partial charge in [0.25, 0.3) is 5.56 Å². The lowest BCUT2D eigenvalue weighted by Gasteiger charge is -2.36. The number of anilines is 2. The predicted octanol–water partition coefficient (Wildman–Crippen LogP) is 2.78. The van der Waals surface area contributed by atoms with Crippen LogP contribution >= 0.6 is 0 Å². The Morgan fingerprint density at radius 3 is 2.32 bits per heavy atom. The topological polar surface area (TPSA) is 54.3 Å². The Morgan fingerprint density at radius 2 is 1.75 bits per heavy atom. The van der Waals surface area contributed by atoms with Gasteiger partial charge in [-0.05, 0) is 18.1 Å². The van der Waals surface area contributed by atoms with E-state index in [0.29, 0.717) is 50.8 Å². The molecule has 1 aliphatic rings. The molecule has 1 fully saturated rings. The van der Waals surface area contributed by atoms with Crippen LogP contribution in [0.25, 0.3) is 0 Å². The molecule has 10 heteroatoms. The maximum absolute atomic E-state index is 14.1. The molecule has 0 bridgehead atoms. The molecule has 152 valence electrons. The molecule has 1 saturated heterocycles. The van der Waals surface area contributed by atoms with E-state index in [1.807, 2.05) is 18.7 Å². The van der Waals surface area contributed by atoms with Gasteiger partial charge in [-0.15, -0.1) is 0 Å². The monoisotopic (exact) mass is 399 g/mol. The van der Waals surface area contributed by atoms with E-state index < -0.39 is 17.6 Å². The molecule has 0 N–H and O–H groups in total. The fourth-order valence-corrected chi connectivity index (χ4v) is 3.05. The molecule has 2 aromatic heterocycles. The molecule has 0 aliphatic carbocycles. The summed E-state index contributed by atoms with van der Waals surface area (Å²) in [5.74, 6) is -0.177. The zero-order valence-electron chi connectivity index (χ0n) is 15.6. The van der Waals surface area contributed by atoms with Crippen molar-refractivity contribution in [1.29, 1.82) is 0 Å². The van der Waals surface area contributed by atoms with Gasteiger partial charge in [0.1, 0.15) is 5.82 Å². The standard InChI is InChI=1S/C18H21F4N5O/c1-12(2)11-27-16(28)4-3-15(24-27)25-5-7-26(8-6-25)17-14(19)9-13(10-23-17)18(20,21)22/h3-4,9-10,12H,5-8,11H2,1-2H3. The number of pyridine rings is 1. The third-order valence-electron chi connectivity index (χ3n) is 4.44. The predicted molar refractivity (Wildman–Crippen MR) is 97.0 cm³/mol. The molecule has 0 radical (unpaired) electrons. The fraction of sp³-hybridized carbons (Fsp3) is 0.500. The van der Waals surface area contributed by atoms with Gasteiger partial charge in [-0.25, -0.2) is 14.1 Å². The first-order valence-electron chi connectivity index (χ1n) is 8.96. The molecular formula is C18H21F4N5O. The third-order valence-corrected chi connectivity index (χ3v) is 4.44. The van der Waals surface area contributed by atoms with Crippen molar-refractivity contribution in [2.45, 2.75) is 26.6 Å². The van der Waals surface area contributed by atoms with Crippen molar-refractivity contribution in [3.05, 3.63) is 46.1 Å². The van der Waals surface area contributed by atoms with Gasteiger partial charge in [0.05, 0.1) is 5.56 Å². The number of hydrogen-bond acceptors (Lipinski definition) is 5. The first-order valence-corrected chi connectivity index (χ1v) is 8.96. The number of alkyl halides is 3. The Hall–Kier alpha value is -2.65. The van der Waals surface area contributed by atoms with Gasteiger partial charge < -0.3 is 9.80 Å². The lowest BCUT2D eigenvalue weighted by Crippen LogP contribution is -2.48. The van der Waals surface area contributed by atoms with Crippen molar-refractivity contribution in [3.63, 3.8) is 0 Å². The van der Waals surface area contributed by atoms with Crippen LogP contribution in [-0.2, 0) is 12.7 Å². The van der Waals surface area contributed by atoms with Crippen LogP contribution in [-0.4, -0.2) is 40.9 Å². The number of rotatable bonds is 4. The molecule has 6 nitrogen and oxygen atoms in total. The smallest absolute Gasteiger partial charge is 0.352 e. The van der Waals surface area contributed by atoms with Gasteiger partial charge in [-0.3, -0.25) is 4.79 Å². The van der Waals surface area contributed by atoms with Crippen LogP contribution in [0.5, 0.6) is 0 Å². The lowest BCUT2D eigenvalue weighted by atomic mass is 10.2. The summed E-state index contributed by atoms with van der Waals surface area (Å²) in [6.45, 7) is 6.20. The summed E-state index contributed by atoms with van der Waals surface area (Å²) >= 11 is 0. The Bertz CT molecular complexity index is 888. The van der Waals surface area contributed by atoms with Crippen molar-refractivity contribution in [1.82, 2.24) is 14.8 Å². The zero-order chi connectivity index (χ0) is 20.5. The Labute approximate surface area is 159 Å². The van der Waals surface area contributed by atoms with Crippen molar-refractivity contribution < 1.29 is 17.6 Å². The molecule has 3 rings (SSSR count). The van der Waals surface area contributed by atoms with E-state index in [-0.39, 0.29) is 17.3 Å². The summed E-state index contributed by atoms with van der Waals surface area (Å²) in [6, 6.07) is 3.58. The van der Waals surface area contributed by atoms with Gasteiger partial charge in [-0.2, -0.15) is 18.3 Å². The van der Waals surface area contributed by atoms with Gasteiger partial charge in [-0.1, -0.05) is 13.8 Å². The van der Waals surface area contributed by atoms with E-state index in [0.717, 1.165) is 0 Å². The van der Waals surface area contributed by atoms with Crippen LogP contribution in [0, 0.1) is 11.7 Å². The molecule has 0 spiro atoms. The van der Waals surface area contributed by atoms with Crippen LogP contribution < -0.4 is 15.4 Å². The summed E-state index contributed by atoms with van der Waals surface area (Å²) < 4.78 is 53.5. The number of piperazine rings is 1. The summed E-state index contributed by atoms with van der Waals surface area (Å²) in [7, 11) is 0. The Balaban J connectivity index is 1.71. The molecule has 0 unspecified atom stereocenters. The summed E-state index contributed by atoms with van der Waals surface area (Å²) in [4.78, 5) is 19.1. The average Bonchev–Trinajstić information content (AvgIpc) is 2.62. The Morgan fingerprint density at radius 1 is 1.11 bits per heavy atom. The van der Waals surface area contributed by atoms with E-state index in [1.54, 1.807) is 11.0 Å². The van der Waals surface area contributed by atoms with Crippen molar-refractivity contribution in [2.24, 2.45) is 5.92 Å². The fourth-order valence-electron chi connectivity index (χ4n) is 3.05. The molecule has 2 aromatic rings. The molecule has 0 aromatic carbocycles. The maximum Gasteiger partial charge on any atom is 0.417 e.